The maximum absolute atomic E-state index is 5.65. The topological polar surface area (TPSA) is 24.5 Å². The zero-order chi connectivity index (χ0) is 12.4. The molecule has 104 valence electrons. The third kappa shape index (κ3) is 2.33. The fourth-order valence-electron chi connectivity index (χ4n) is 4.18. The van der Waals surface area contributed by atoms with Gasteiger partial charge in [-0.3, -0.25) is 4.90 Å². The summed E-state index contributed by atoms with van der Waals surface area (Å²) in [5.41, 5.74) is 0.461. The van der Waals surface area contributed by atoms with Crippen LogP contribution in [0.25, 0.3) is 0 Å². The molecule has 3 nitrogen and oxygen atoms in total. The molecule has 2 atom stereocenters. The predicted octanol–water partition coefficient (Wildman–Crippen LogP) is 2.16. The van der Waals surface area contributed by atoms with Gasteiger partial charge in [-0.2, -0.15) is 0 Å². The maximum Gasteiger partial charge on any atom is 0.0622 e. The molecule has 0 aromatic carbocycles. The lowest BCUT2D eigenvalue weighted by atomic mass is 9.77. The van der Waals surface area contributed by atoms with E-state index < -0.39 is 0 Å². The van der Waals surface area contributed by atoms with Crippen LogP contribution < -0.4 is 5.32 Å². The summed E-state index contributed by atoms with van der Waals surface area (Å²) in [5, 5.41) is 3.80. The molecule has 2 unspecified atom stereocenters. The second kappa shape index (κ2) is 5.48. The van der Waals surface area contributed by atoms with Gasteiger partial charge in [-0.15, -0.1) is 0 Å². The highest BCUT2D eigenvalue weighted by Gasteiger charge is 2.45. The van der Waals surface area contributed by atoms with Gasteiger partial charge in [0.2, 0.25) is 0 Å². The van der Waals surface area contributed by atoms with Crippen LogP contribution in [0.2, 0.25) is 0 Å². The molecule has 18 heavy (non-hydrogen) atoms. The molecule has 1 spiro atoms. The second-order valence-corrected chi connectivity index (χ2v) is 6.44. The molecular formula is C15H28N2O. The van der Waals surface area contributed by atoms with Crippen molar-refractivity contribution in [3.63, 3.8) is 0 Å². The second-order valence-electron chi connectivity index (χ2n) is 6.44. The first-order valence-corrected chi connectivity index (χ1v) is 7.92. The largest absolute Gasteiger partial charge is 0.380 e. The lowest BCUT2D eigenvalue weighted by Crippen LogP contribution is -2.67. The minimum absolute atomic E-state index is 0.461. The van der Waals surface area contributed by atoms with E-state index in [9.17, 15) is 0 Å². The Hall–Kier alpha value is -0.120. The number of hydrogen-bond donors (Lipinski definition) is 1. The average Bonchev–Trinajstić information content (AvgIpc) is 2.94. The van der Waals surface area contributed by atoms with E-state index in [-0.39, 0.29) is 0 Å². The van der Waals surface area contributed by atoms with Gasteiger partial charge in [0.25, 0.3) is 0 Å². The van der Waals surface area contributed by atoms with Gasteiger partial charge >= 0.3 is 0 Å². The Morgan fingerprint density at radius 2 is 2.11 bits per heavy atom. The van der Waals surface area contributed by atoms with Crippen LogP contribution in [0.5, 0.6) is 0 Å². The number of rotatable bonds is 2. The lowest BCUT2D eigenvalue weighted by Gasteiger charge is -2.54. The van der Waals surface area contributed by atoms with Gasteiger partial charge in [0.05, 0.1) is 6.61 Å². The van der Waals surface area contributed by atoms with E-state index in [2.05, 4.69) is 17.1 Å². The first kappa shape index (κ1) is 12.9. The van der Waals surface area contributed by atoms with Crippen LogP contribution in [-0.4, -0.2) is 48.8 Å². The SMILES string of the molecule is CCC1CN(C2CCOC2)C2(CCCCC2)CN1. The number of ether oxygens (including phenoxy) is 1. The highest BCUT2D eigenvalue weighted by molar-refractivity contribution is 5.03. The molecule has 1 N–H and O–H groups in total. The van der Waals surface area contributed by atoms with Gasteiger partial charge in [-0.1, -0.05) is 26.2 Å². The first-order chi connectivity index (χ1) is 8.84. The molecule has 1 aliphatic carbocycles. The third-order valence-corrected chi connectivity index (χ3v) is 5.37. The van der Waals surface area contributed by atoms with E-state index in [4.69, 9.17) is 4.74 Å². The fourth-order valence-corrected chi connectivity index (χ4v) is 4.18. The smallest absolute Gasteiger partial charge is 0.0622 e. The zero-order valence-corrected chi connectivity index (χ0v) is 11.8. The van der Waals surface area contributed by atoms with Crippen LogP contribution in [0, 0.1) is 0 Å². The van der Waals surface area contributed by atoms with Crippen molar-refractivity contribution in [2.75, 3.05) is 26.3 Å². The van der Waals surface area contributed by atoms with Crippen LogP contribution in [0.3, 0.4) is 0 Å². The van der Waals surface area contributed by atoms with Crippen molar-refractivity contribution in [1.29, 1.82) is 0 Å². The first-order valence-electron chi connectivity index (χ1n) is 7.92. The molecule has 0 radical (unpaired) electrons. The Labute approximate surface area is 111 Å². The Kier molecular flexibility index (Phi) is 3.92. The van der Waals surface area contributed by atoms with Crippen LogP contribution in [0.4, 0.5) is 0 Å². The van der Waals surface area contributed by atoms with Crippen molar-refractivity contribution >= 4 is 0 Å². The molecule has 3 fully saturated rings. The summed E-state index contributed by atoms with van der Waals surface area (Å²) in [6.45, 7) is 6.70. The molecule has 3 heteroatoms. The number of nitrogens with one attached hydrogen (secondary N) is 1. The van der Waals surface area contributed by atoms with Gasteiger partial charge in [0, 0.05) is 37.3 Å². The molecule has 1 saturated carbocycles. The van der Waals surface area contributed by atoms with Crippen molar-refractivity contribution in [2.45, 2.75) is 69.5 Å². The predicted molar refractivity (Wildman–Crippen MR) is 73.8 cm³/mol. The van der Waals surface area contributed by atoms with Crippen molar-refractivity contribution in [1.82, 2.24) is 10.2 Å². The molecule has 0 aromatic rings. The lowest BCUT2D eigenvalue weighted by molar-refractivity contribution is -0.0254. The zero-order valence-electron chi connectivity index (χ0n) is 11.8. The Morgan fingerprint density at radius 1 is 1.28 bits per heavy atom. The van der Waals surface area contributed by atoms with Gasteiger partial charge in [0.15, 0.2) is 0 Å². The van der Waals surface area contributed by atoms with Gasteiger partial charge in [0.1, 0.15) is 0 Å². The molecule has 0 amide bonds. The minimum atomic E-state index is 0.461. The molecular weight excluding hydrogens is 224 g/mol. The molecule has 2 aliphatic heterocycles. The molecule has 3 rings (SSSR count). The Balaban J connectivity index is 1.77. The van der Waals surface area contributed by atoms with Crippen molar-refractivity contribution in [3.8, 4) is 0 Å². The fraction of sp³-hybridized carbons (Fsp3) is 1.00. The van der Waals surface area contributed by atoms with E-state index in [0.717, 1.165) is 13.2 Å². The van der Waals surface area contributed by atoms with Crippen molar-refractivity contribution < 1.29 is 4.74 Å². The molecule has 0 aromatic heterocycles. The van der Waals surface area contributed by atoms with Crippen LogP contribution >= 0.6 is 0 Å². The Bertz CT molecular complexity index is 270. The molecule has 2 saturated heterocycles. The molecule has 3 aliphatic rings. The summed E-state index contributed by atoms with van der Waals surface area (Å²) in [7, 11) is 0. The van der Waals surface area contributed by atoms with Gasteiger partial charge in [-0.05, 0) is 25.7 Å². The molecule has 0 bridgehead atoms. The standard InChI is InChI=1S/C15H28N2O/c1-2-13-10-17(14-6-9-18-11-14)15(12-16-13)7-4-3-5-8-15/h13-14,16H,2-12H2,1H3. The minimum Gasteiger partial charge on any atom is -0.380 e. The van der Waals surface area contributed by atoms with Crippen LogP contribution in [-0.2, 0) is 4.74 Å². The normalized spacial score (nSPS) is 37.2. The van der Waals surface area contributed by atoms with Crippen LogP contribution in [0.15, 0.2) is 0 Å². The summed E-state index contributed by atoms with van der Waals surface area (Å²) in [6.07, 6.45) is 9.57. The maximum atomic E-state index is 5.65. The number of hydrogen-bond acceptors (Lipinski definition) is 3. The Morgan fingerprint density at radius 3 is 2.78 bits per heavy atom. The van der Waals surface area contributed by atoms with Crippen molar-refractivity contribution in [2.24, 2.45) is 0 Å². The van der Waals surface area contributed by atoms with E-state index >= 15 is 0 Å². The van der Waals surface area contributed by atoms with Crippen LogP contribution in [0.1, 0.15) is 51.9 Å². The number of piperazine rings is 1. The summed E-state index contributed by atoms with van der Waals surface area (Å²) in [4.78, 5) is 2.85. The quantitative estimate of drug-likeness (QED) is 0.815. The summed E-state index contributed by atoms with van der Waals surface area (Å²) < 4.78 is 5.65. The highest BCUT2D eigenvalue weighted by Crippen LogP contribution is 2.38. The molecule has 2 heterocycles. The van der Waals surface area contributed by atoms with E-state index in [1.807, 2.05) is 0 Å². The number of nitrogens with zero attached hydrogens (tertiary/aromatic N) is 1. The van der Waals surface area contributed by atoms with E-state index in [0.29, 0.717) is 17.6 Å². The van der Waals surface area contributed by atoms with Gasteiger partial charge in [-0.25, -0.2) is 0 Å². The van der Waals surface area contributed by atoms with E-state index in [1.165, 1.54) is 58.0 Å². The summed E-state index contributed by atoms with van der Waals surface area (Å²) in [6, 6.07) is 1.39. The highest BCUT2D eigenvalue weighted by atomic mass is 16.5. The summed E-state index contributed by atoms with van der Waals surface area (Å²) >= 11 is 0. The van der Waals surface area contributed by atoms with Gasteiger partial charge < -0.3 is 10.1 Å². The monoisotopic (exact) mass is 252 g/mol. The summed E-state index contributed by atoms with van der Waals surface area (Å²) in [5.74, 6) is 0. The average molecular weight is 252 g/mol. The third-order valence-electron chi connectivity index (χ3n) is 5.37. The van der Waals surface area contributed by atoms with Crippen molar-refractivity contribution in [3.05, 3.63) is 0 Å². The van der Waals surface area contributed by atoms with E-state index in [1.54, 1.807) is 0 Å².